The first-order valence-electron chi connectivity index (χ1n) is 1.49. The van der Waals surface area contributed by atoms with Crippen molar-refractivity contribution in [3.63, 3.8) is 0 Å². The van der Waals surface area contributed by atoms with E-state index in [1.807, 2.05) is 18.3 Å². The Labute approximate surface area is 102 Å². The summed E-state index contributed by atoms with van der Waals surface area (Å²) in [5, 5.41) is 0. The van der Waals surface area contributed by atoms with Crippen LogP contribution in [0.2, 0.25) is 0 Å². The van der Waals surface area contributed by atoms with Crippen LogP contribution in [0, 0.1) is 55.4 Å². The Morgan fingerprint density at radius 2 is 1.78 bits per heavy atom. The molecule has 1 nitrogen and oxygen atoms in total. The van der Waals surface area contributed by atoms with E-state index in [9.17, 15) is 0 Å². The molecule has 0 aromatic carbocycles. The van der Waals surface area contributed by atoms with E-state index in [0.717, 1.165) is 0 Å². The molecule has 1 N–H and O–H groups in total. The van der Waals surface area contributed by atoms with Gasteiger partial charge in [-0.25, -0.2) is 0 Å². The van der Waals surface area contributed by atoms with E-state index in [1.54, 1.807) is 0 Å². The van der Waals surface area contributed by atoms with Gasteiger partial charge in [0.25, 0.3) is 0 Å². The summed E-state index contributed by atoms with van der Waals surface area (Å²) in [6.07, 6.45) is 4.56. The van der Waals surface area contributed by atoms with E-state index in [0.29, 0.717) is 0 Å². The SMILES string of the molecule is [CH3-].[Ce+4].[Cl-].[Cl-].[c-]1ccc[nH]1. The van der Waals surface area contributed by atoms with Crippen molar-refractivity contribution in [1.29, 1.82) is 0 Å². The summed E-state index contributed by atoms with van der Waals surface area (Å²) in [5.41, 5.74) is 0. The number of rotatable bonds is 0. The molecule has 0 fully saturated rings. The molecule has 1 aromatic heterocycles. The van der Waals surface area contributed by atoms with Gasteiger partial charge in [0.2, 0.25) is 0 Å². The predicted octanol–water partition coefficient (Wildman–Crippen LogP) is -4.73. The Balaban J connectivity index is -0.0000000312. The van der Waals surface area contributed by atoms with Gasteiger partial charge in [0.05, 0.1) is 0 Å². The third-order valence-electron chi connectivity index (χ3n) is 0.442. The van der Waals surface area contributed by atoms with Gasteiger partial charge < -0.3 is 37.2 Å². The van der Waals surface area contributed by atoms with E-state index < -0.39 is 0 Å². The average Bonchev–Trinajstić information content (AvgIpc) is 1.76. The fraction of sp³-hybridized carbons (Fsp3) is 0. The predicted molar refractivity (Wildman–Crippen MR) is 26.0 cm³/mol. The Hall–Kier alpha value is 1.24. The van der Waals surface area contributed by atoms with Crippen molar-refractivity contribution >= 4 is 0 Å². The zero-order valence-corrected chi connectivity index (χ0v) is 9.64. The quantitative estimate of drug-likeness (QED) is 0.463. The maximum atomic E-state index is 2.74. The molecule has 0 saturated carbocycles. The second-order valence-corrected chi connectivity index (χ2v) is 0.814. The minimum Gasteiger partial charge on any atom is -1.00 e. The van der Waals surface area contributed by atoms with Crippen molar-refractivity contribution in [3.05, 3.63) is 32.0 Å². The monoisotopic (exact) mass is 291 g/mol. The van der Waals surface area contributed by atoms with Crippen LogP contribution in [0.4, 0.5) is 0 Å². The van der Waals surface area contributed by atoms with Gasteiger partial charge in [0.15, 0.2) is 0 Å². The first-order valence-corrected chi connectivity index (χ1v) is 1.49. The van der Waals surface area contributed by atoms with E-state index in [-0.39, 0.29) is 74.0 Å². The molecule has 0 saturated heterocycles. The van der Waals surface area contributed by atoms with Crippen LogP contribution in [0.25, 0.3) is 0 Å². The van der Waals surface area contributed by atoms with Crippen molar-refractivity contribution in [2.45, 2.75) is 0 Å². The normalized spacial score (nSPS) is 4.44. The van der Waals surface area contributed by atoms with Crippen LogP contribution in [0.1, 0.15) is 0 Å². The summed E-state index contributed by atoms with van der Waals surface area (Å²) in [6.45, 7) is 0. The third kappa shape index (κ3) is 12.4. The van der Waals surface area contributed by atoms with Crippen molar-refractivity contribution in [3.8, 4) is 0 Å². The molecule has 0 bridgehead atoms. The molecule has 0 amide bonds. The largest absolute Gasteiger partial charge is 4.00 e. The van der Waals surface area contributed by atoms with Gasteiger partial charge >= 0.3 is 41.7 Å². The summed E-state index contributed by atoms with van der Waals surface area (Å²) in [7, 11) is 0. The molecule has 0 aliphatic rings. The van der Waals surface area contributed by atoms with E-state index in [2.05, 4.69) is 11.2 Å². The van der Waals surface area contributed by atoms with Crippen LogP contribution < -0.4 is 24.8 Å². The van der Waals surface area contributed by atoms with Crippen LogP contribution in [-0.2, 0) is 0 Å². The van der Waals surface area contributed by atoms with Crippen LogP contribution in [0.5, 0.6) is 0 Å². The van der Waals surface area contributed by atoms with Gasteiger partial charge in [0, 0.05) is 0 Å². The van der Waals surface area contributed by atoms with Crippen molar-refractivity contribution in [1.82, 2.24) is 4.98 Å². The molecule has 0 unspecified atom stereocenters. The minimum absolute atomic E-state index is 0. The fourth-order valence-electron chi connectivity index (χ4n) is 0.241. The summed E-state index contributed by atoms with van der Waals surface area (Å²) >= 11 is 0. The van der Waals surface area contributed by atoms with E-state index >= 15 is 0 Å². The van der Waals surface area contributed by atoms with Crippen LogP contribution >= 0.6 is 0 Å². The fourth-order valence-corrected chi connectivity index (χ4v) is 0.241. The number of H-pyrrole nitrogens is 1. The summed E-state index contributed by atoms with van der Waals surface area (Å²) in [6, 6.07) is 3.71. The molecule has 1 aromatic rings. The molecule has 0 spiro atoms. The minimum atomic E-state index is 0. The van der Waals surface area contributed by atoms with Gasteiger partial charge in [0.1, 0.15) is 0 Å². The number of hydrogen-bond donors (Lipinski definition) is 1. The van der Waals surface area contributed by atoms with E-state index in [4.69, 9.17) is 0 Å². The van der Waals surface area contributed by atoms with Crippen molar-refractivity contribution in [2.75, 3.05) is 0 Å². The molecule has 50 valence electrons. The standard InChI is InChI=1S/C4H4N.CH3.Ce.2ClH/c1-2-4-5-3-1;;;;/h1-3,5H;1H3;;2*1H/q2*-1;+4;;/p-2. The van der Waals surface area contributed by atoms with Crippen molar-refractivity contribution in [2.24, 2.45) is 0 Å². The Bertz CT molecular complexity index is 71.4. The number of nitrogens with one attached hydrogen (secondary N) is 1. The van der Waals surface area contributed by atoms with Crippen LogP contribution in [-0.4, -0.2) is 4.98 Å². The molecule has 9 heavy (non-hydrogen) atoms. The number of hydrogen-bond acceptors (Lipinski definition) is 0. The average molecular weight is 292 g/mol. The topological polar surface area (TPSA) is 15.8 Å². The first-order chi connectivity index (χ1) is 2.50. The van der Waals surface area contributed by atoms with Gasteiger partial charge in [-0.05, 0) is 0 Å². The number of halogens is 2. The smallest absolute Gasteiger partial charge is 1.00 e. The summed E-state index contributed by atoms with van der Waals surface area (Å²) in [5.74, 6) is 0. The molecule has 4 heteroatoms. The second-order valence-electron chi connectivity index (χ2n) is 0.814. The molecule has 0 atom stereocenters. The zero-order valence-electron chi connectivity index (χ0n) is 4.99. The molecule has 0 aliphatic heterocycles. The first kappa shape index (κ1) is 22.5. The molecule has 1 rings (SSSR count). The van der Waals surface area contributed by atoms with Gasteiger partial charge in [-0.1, -0.05) is 0 Å². The van der Waals surface area contributed by atoms with E-state index in [1.165, 1.54) is 0 Å². The molecule has 0 radical (unpaired) electrons. The second kappa shape index (κ2) is 16.1. The van der Waals surface area contributed by atoms with Crippen LogP contribution in [0.3, 0.4) is 0 Å². The Kier molecular flexibility index (Phi) is 40.2. The Morgan fingerprint density at radius 3 is 1.89 bits per heavy atom. The molecular formula is C5H7CeCl2N. The molecule has 1 heterocycles. The molecule has 0 aliphatic carbocycles. The maximum absolute atomic E-state index is 2.74. The summed E-state index contributed by atoms with van der Waals surface area (Å²) in [4.78, 5) is 2.74. The Morgan fingerprint density at radius 1 is 1.22 bits per heavy atom. The van der Waals surface area contributed by atoms with Gasteiger partial charge in [-0.15, -0.1) is 6.20 Å². The number of aromatic amines is 1. The van der Waals surface area contributed by atoms with Gasteiger partial charge in [-0.2, -0.15) is 18.3 Å². The van der Waals surface area contributed by atoms with Crippen molar-refractivity contribution < 1.29 is 66.6 Å². The summed E-state index contributed by atoms with van der Waals surface area (Å²) < 4.78 is 0. The third-order valence-corrected chi connectivity index (χ3v) is 0.442. The van der Waals surface area contributed by atoms with Gasteiger partial charge in [-0.3, -0.25) is 0 Å². The molecular weight excluding hydrogens is 285 g/mol. The van der Waals surface area contributed by atoms with Crippen LogP contribution in [0.15, 0.2) is 18.3 Å². The zero-order chi connectivity index (χ0) is 3.54. The number of aromatic nitrogens is 1. The maximum Gasteiger partial charge on any atom is 4.00 e.